The number of hydrogen-bond donors (Lipinski definition) is 3. The van der Waals surface area contributed by atoms with Crippen molar-refractivity contribution in [2.75, 3.05) is 4.72 Å². The third kappa shape index (κ3) is 5.11. The minimum absolute atomic E-state index is 0. The van der Waals surface area contributed by atoms with Gasteiger partial charge >= 0.3 is 5.97 Å². The summed E-state index contributed by atoms with van der Waals surface area (Å²) in [5.74, 6) is -1.77. The molecule has 0 aliphatic heterocycles. The Morgan fingerprint density at radius 2 is 1.75 bits per heavy atom. The zero-order chi connectivity index (χ0) is 14.1. The molecule has 0 saturated heterocycles. The van der Waals surface area contributed by atoms with Gasteiger partial charge in [0.15, 0.2) is 0 Å². The molecule has 3 N–H and O–H groups in total. The molecule has 0 spiro atoms. The molecule has 6 nitrogen and oxygen atoms in total. The van der Waals surface area contributed by atoms with Gasteiger partial charge in [0.05, 0.1) is 10.4 Å². The van der Waals surface area contributed by atoms with Crippen molar-refractivity contribution in [2.24, 2.45) is 0 Å². The van der Waals surface area contributed by atoms with E-state index in [0.29, 0.717) is 0 Å². The van der Waals surface area contributed by atoms with E-state index in [1.807, 2.05) is 0 Å². The quantitative estimate of drug-likeness (QED) is 0.575. The Balaban J connectivity index is 0. The molecule has 1 radical (unpaired) electrons. The minimum Gasteiger partial charge on any atom is -0.507 e. The van der Waals surface area contributed by atoms with Crippen LogP contribution in [-0.2, 0) is 49.0 Å². The summed E-state index contributed by atoms with van der Waals surface area (Å²) >= 11 is 0. The second-order valence-electron chi connectivity index (χ2n) is 4.75. The van der Waals surface area contributed by atoms with E-state index in [-0.39, 0.29) is 50.2 Å². The molecule has 0 aromatic heterocycles. The van der Waals surface area contributed by atoms with Crippen LogP contribution < -0.4 is 4.72 Å². The van der Waals surface area contributed by atoms with Crippen LogP contribution in [0.4, 0.5) is 5.69 Å². The van der Waals surface area contributed by atoms with Crippen molar-refractivity contribution in [3.05, 3.63) is 23.8 Å². The Bertz CT molecular complexity index is 583. The first kappa shape index (κ1) is 21.8. The number of sulfonamides is 1. The smallest absolute Gasteiger partial charge is 0.339 e. The maximum Gasteiger partial charge on any atom is 0.339 e. The zero-order valence-electron chi connectivity index (χ0n) is 10.9. The predicted octanol–water partition coefficient (Wildman–Crippen LogP) is 1.63. The van der Waals surface area contributed by atoms with Gasteiger partial charge in [-0.25, -0.2) is 13.2 Å². The van der Waals surface area contributed by atoms with Crippen molar-refractivity contribution < 1.29 is 62.4 Å². The first-order chi connectivity index (χ1) is 8.04. The van der Waals surface area contributed by atoms with Crippen molar-refractivity contribution in [3.8, 4) is 5.75 Å². The van der Waals surface area contributed by atoms with Crippen LogP contribution in [0.5, 0.6) is 5.75 Å². The number of benzene rings is 1. The molecule has 0 saturated carbocycles. The number of carboxylic acids is 1. The van der Waals surface area contributed by atoms with Gasteiger partial charge in [0.1, 0.15) is 11.3 Å². The summed E-state index contributed by atoms with van der Waals surface area (Å²) in [6.45, 7) is 4.59. The average molecular weight is 477 g/mol. The monoisotopic (exact) mass is 478 g/mol. The van der Waals surface area contributed by atoms with Crippen molar-refractivity contribution in [1.29, 1.82) is 0 Å². The van der Waals surface area contributed by atoms with Gasteiger partial charge in [0.2, 0.25) is 10.0 Å². The fourth-order valence-electron chi connectivity index (χ4n) is 1.08. The van der Waals surface area contributed by atoms with Crippen LogP contribution in [0.2, 0.25) is 0 Å². The Labute approximate surface area is 143 Å². The number of phenols is 1. The van der Waals surface area contributed by atoms with Gasteiger partial charge in [-0.15, -0.1) is 0 Å². The molecule has 20 heavy (non-hydrogen) atoms. The van der Waals surface area contributed by atoms with Crippen molar-refractivity contribution in [3.63, 3.8) is 0 Å². The molecule has 0 heterocycles. The summed E-state index contributed by atoms with van der Waals surface area (Å²) in [7, 11) is -3.61. The van der Waals surface area contributed by atoms with Gasteiger partial charge in [0.25, 0.3) is 0 Å². The minimum atomic E-state index is -3.61. The second kappa shape index (κ2) is 7.48. The predicted molar refractivity (Wildman–Crippen MR) is 67.4 cm³/mol. The molecule has 0 bridgehead atoms. The number of carbonyl (C=O) groups is 1. The van der Waals surface area contributed by atoms with E-state index in [1.165, 1.54) is 26.8 Å². The van der Waals surface area contributed by atoms with Gasteiger partial charge in [-0.1, -0.05) is 0 Å². The normalized spacial score (nSPS) is 10.9. The van der Waals surface area contributed by atoms with E-state index < -0.39 is 26.5 Å². The Hall–Kier alpha value is -0.513. The van der Waals surface area contributed by atoms with Crippen LogP contribution in [0.15, 0.2) is 18.2 Å². The van der Waals surface area contributed by atoms with Crippen LogP contribution in [-0.4, -0.2) is 29.3 Å². The molecule has 117 valence electrons. The van der Waals surface area contributed by atoms with Crippen LogP contribution in [0, 0.1) is 0 Å². The van der Waals surface area contributed by atoms with E-state index in [4.69, 9.17) is 5.11 Å². The van der Waals surface area contributed by atoms with E-state index in [2.05, 4.69) is 4.72 Å². The largest absolute Gasteiger partial charge is 0.507 e. The van der Waals surface area contributed by atoms with Gasteiger partial charge in [-0.05, 0) is 32.9 Å². The van der Waals surface area contributed by atoms with Gasteiger partial charge in [0, 0.05) is 45.0 Å². The second-order valence-corrected chi connectivity index (χ2v) is 7.19. The van der Waals surface area contributed by atoms with Crippen molar-refractivity contribution >= 4 is 21.7 Å². The third-order valence-corrected chi connectivity index (χ3v) is 4.40. The van der Waals surface area contributed by atoms with Crippen LogP contribution in [0.25, 0.3) is 0 Å². The zero-order valence-corrected chi connectivity index (χ0v) is 15.1. The number of hydrogen-bond acceptors (Lipinski definition) is 4. The molecule has 0 unspecified atom stereocenters. The Morgan fingerprint density at radius 1 is 1.25 bits per heavy atom. The van der Waals surface area contributed by atoms with Crippen LogP contribution >= 0.6 is 0 Å². The number of rotatable bonds is 3. The average Bonchev–Trinajstić information content (AvgIpc) is 2.14. The molecule has 1 rings (SSSR count). The molecular formula is C11H15NO5RhRuS. The van der Waals surface area contributed by atoms with E-state index in [0.717, 1.165) is 12.1 Å². The topological polar surface area (TPSA) is 104 Å². The van der Waals surface area contributed by atoms with Crippen molar-refractivity contribution in [2.45, 2.75) is 25.5 Å². The Morgan fingerprint density at radius 3 is 2.10 bits per heavy atom. The fourth-order valence-corrected chi connectivity index (χ4v) is 1.83. The maximum atomic E-state index is 11.8. The van der Waals surface area contributed by atoms with Gasteiger partial charge in [-0.2, -0.15) is 0 Å². The summed E-state index contributed by atoms with van der Waals surface area (Å²) < 4.78 is 25.0. The molecule has 9 heteroatoms. The standard InChI is InChI=1S/C11H15NO5S.Rh.Ru/c1-11(2,3)18(16,17)12-7-4-5-8(10(14)15)9(13)6-7;;/h4-6,12-13H,1-3H3,(H,14,15);;. The van der Waals surface area contributed by atoms with E-state index in [1.54, 1.807) is 0 Å². The number of carboxylic acid groups (broad SMARTS) is 1. The molecule has 0 atom stereocenters. The molecule has 1 aromatic rings. The molecule has 0 aliphatic rings. The molecule has 1 aromatic carbocycles. The maximum absolute atomic E-state index is 11.8. The van der Waals surface area contributed by atoms with Gasteiger partial charge in [-0.3, -0.25) is 4.72 Å². The number of nitrogens with one attached hydrogen (secondary N) is 1. The van der Waals surface area contributed by atoms with Crippen LogP contribution in [0.3, 0.4) is 0 Å². The number of aromatic hydroxyl groups is 1. The summed E-state index contributed by atoms with van der Waals surface area (Å²) in [5, 5.41) is 18.2. The van der Waals surface area contributed by atoms with Gasteiger partial charge < -0.3 is 10.2 Å². The van der Waals surface area contributed by atoms with Crippen LogP contribution in [0.1, 0.15) is 31.1 Å². The first-order valence-corrected chi connectivity index (χ1v) is 6.61. The summed E-state index contributed by atoms with van der Waals surface area (Å²) in [5.41, 5.74) is -0.166. The number of anilines is 1. The third-order valence-electron chi connectivity index (χ3n) is 2.29. The summed E-state index contributed by atoms with van der Waals surface area (Å²) in [4.78, 5) is 10.7. The molecule has 0 amide bonds. The number of aromatic carboxylic acids is 1. The Kier molecular flexibility index (Phi) is 8.15. The molecular weight excluding hydrogens is 462 g/mol. The SMILES string of the molecule is CC(C)(C)S(=O)(=O)Nc1ccc(C(=O)O)c(O)c1.[Rh].[Ru]. The summed E-state index contributed by atoms with van der Waals surface area (Å²) in [6.07, 6.45) is 0. The summed E-state index contributed by atoms with van der Waals surface area (Å²) in [6, 6.07) is 3.48. The van der Waals surface area contributed by atoms with Crippen molar-refractivity contribution in [1.82, 2.24) is 0 Å². The molecule has 0 fully saturated rings. The van der Waals surface area contributed by atoms with E-state index in [9.17, 15) is 18.3 Å². The van der Waals surface area contributed by atoms with E-state index >= 15 is 0 Å². The first-order valence-electron chi connectivity index (χ1n) is 5.13. The molecule has 0 aliphatic carbocycles. The fraction of sp³-hybridized carbons (Fsp3) is 0.364.